The van der Waals surface area contributed by atoms with Crippen LogP contribution >= 0.6 is 0 Å². The highest BCUT2D eigenvalue weighted by atomic mass is 16.5. The van der Waals surface area contributed by atoms with Crippen LogP contribution in [0.5, 0.6) is 23.0 Å². The first-order chi connectivity index (χ1) is 22.3. The third kappa shape index (κ3) is 5.30. The zero-order chi connectivity index (χ0) is 31.9. The number of ether oxygens (including phenoxy) is 3. The predicted molar refractivity (Wildman–Crippen MR) is 182 cm³/mol. The lowest BCUT2D eigenvalue weighted by atomic mass is 9.78. The molecule has 0 amide bonds. The summed E-state index contributed by atoms with van der Waals surface area (Å²) in [5.41, 5.74) is 5.79. The standard InChI is InChI=1S/C41H32O5/c1-24(2)40(42)44-31-16-18-33-29(22-31)14-20-35-38(33)37(28-12-10-27(11-13-28)26-8-6-5-7-9-26)39-34-19-17-32(45-41(43)25(3)4)23-30(34)15-21-36(39)46-35/h5-23,25,37H,1H2,2-4H3. The van der Waals surface area contributed by atoms with Crippen molar-refractivity contribution in [2.75, 3.05) is 0 Å². The Bertz CT molecular complexity index is 2160. The van der Waals surface area contributed by atoms with Gasteiger partial charge in [0.05, 0.1) is 5.92 Å². The smallest absolute Gasteiger partial charge is 0.338 e. The first-order valence-corrected chi connectivity index (χ1v) is 15.3. The van der Waals surface area contributed by atoms with Crippen LogP contribution in [0.25, 0.3) is 32.7 Å². The van der Waals surface area contributed by atoms with Crippen LogP contribution in [-0.2, 0) is 9.59 Å². The maximum atomic E-state index is 12.4. The molecule has 0 saturated carbocycles. The molecule has 6 aromatic rings. The predicted octanol–water partition coefficient (Wildman–Crippen LogP) is 9.99. The molecule has 1 heterocycles. The van der Waals surface area contributed by atoms with Gasteiger partial charge < -0.3 is 14.2 Å². The van der Waals surface area contributed by atoms with E-state index < -0.39 is 5.97 Å². The minimum atomic E-state index is -0.462. The summed E-state index contributed by atoms with van der Waals surface area (Å²) in [5.74, 6) is 1.36. The molecular weight excluding hydrogens is 572 g/mol. The Balaban J connectivity index is 1.41. The van der Waals surface area contributed by atoms with Gasteiger partial charge in [0, 0.05) is 22.6 Å². The number of rotatable bonds is 6. The Morgan fingerprint density at radius 1 is 0.674 bits per heavy atom. The SMILES string of the molecule is C=C(C)C(=O)Oc1ccc2c3c(ccc2c1)Oc1ccc2cc(OC(=O)C(C)C)ccc2c1C3c1ccc(-c2ccccc2)cc1. The van der Waals surface area contributed by atoms with Crippen LogP contribution in [0.3, 0.4) is 0 Å². The van der Waals surface area contributed by atoms with Crippen molar-refractivity contribution in [3.63, 3.8) is 0 Å². The van der Waals surface area contributed by atoms with Gasteiger partial charge in [-0.3, -0.25) is 4.79 Å². The quantitative estimate of drug-likeness (QED) is 0.107. The summed E-state index contributed by atoms with van der Waals surface area (Å²) in [5, 5.41) is 3.87. The van der Waals surface area contributed by atoms with E-state index in [2.05, 4.69) is 43.0 Å². The van der Waals surface area contributed by atoms with Crippen LogP contribution in [0.2, 0.25) is 0 Å². The molecule has 6 aromatic carbocycles. The molecule has 1 unspecified atom stereocenters. The van der Waals surface area contributed by atoms with E-state index >= 15 is 0 Å². The zero-order valence-electron chi connectivity index (χ0n) is 25.9. The molecule has 7 rings (SSSR count). The largest absolute Gasteiger partial charge is 0.457 e. The van der Waals surface area contributed by atoms with E-state index in [-0.39, 0.29) is 17.8 Å². The maximum absolute atomic E-state index is 12.4. The number of benzene rings is 6. The summed E-state index contributed by atoms with van der Waals surface area (Å²) in [4.78, 5) is 24.6. The average molecular weight is 605 g/mol. The summed E-state index contributed by atoms with van der Waals surface area (Å²) >= 11 is 0. The van der Waals surface area contributed by atoms with Gasteiger partial charge in [0.2, 0.25) is 0 Å². The Labute approximate surface area is 267 Å². The van der Waals surface area contributed by atoms with E-state index in [0.29, 0.717) is 17.1 Å². The van der Waals surface area contributed by atoms with Crippen molar-refractivity contribution in [2.24, 2.45) is 5.92 Å². The molecule has 0 bridgehead atoms. The van der Waals surface area contributed by atoms with Crippen molar-refractivity contribution in [2.45, 2.75) is 26.7 Å². The second-order valence-corrected chi connectivity index (χ2v) is 12.0. The maximum Gasteiger partial charge on any atom is 0.338 e. The lowest BCUT2D eigenvalue weighted by molar-refractivity contribution is -0.137. The number of hydrogen-bond acceptors (Lipinski definition) is 5. The summed E-state index contributed by atoms with van der Waals surface area (Å²) in [6.45, 7) is 8.97. The number of fused-ring (bicyclic) bond motifs is 6. The van der Waals surface area contributed by atoms with Gasteiger partial charge in [-0.2, -0.15) is 0 Å². The van der Waals surface area contributed by atoms with Gasteiger partial charge in [-0.25, -0.2) is 4.79 Å². The van der Waals surface area contributed by atoms with Gasteiger partial charge in [0.15, 0.2) is 0 Å². The highest BCUT2D eigenvalue weighted by Gasteiger charge is 2.32. The van der Waals surface area contributed by atoms with Gasteiger partial charge in [-0.05, 0) is 81.6 Å². The van der Waals surface area contributed by atoms with Crippen LogP contribution in [0.4, 0.5) is 0 Å². The molecule has 1 atom stereocenters. The molecule has 226 valence electrons. The third-order valence-corrected chi connectivity index (χ3v) is 8.38. The van der Waals surface area contributed by atoms with Gasteiger partial charge in [0.25, 0.3) is 0 Å². The van der Waals surface area contributed by atoms with E-state index in [1.807, 2.05) is 92.7 Å². The molecule has 0 fully saturated rings. The highest BCUT2D eigenvalue weighted by molar-refractivity contribution is 5.97. The van der Waals surface area contributed by atoms with E-state index in [0.717, 1.165) is 60.9 Å². The Morgan fingerprint density at radius 3 is 1.76 bits per heavy atom. The first kappa shape index (κ1) is 29.1. The number of esters is 2. The van der Waals surface area contributed by atoms with Crippen molar-refractivity contribution in [1.82, 2.24) is 0 Å². The van der Waals surface area contributed by atoms with E-state index in [1.165, 1.54) is 0 Å². The fourth-order valence-corrected chi connectivity index (χ4v) is 6.05. The third-order valence-electron chi connectivity index (χ3n) is 8.38. The lowest BCUT2D eigenvalue weighted by Gasteiger charge is -2.31. The normalized spacial score (nSPS) is 13.5. The molecule has 0 aliphatic carbocycles. The Morgan fingerprint density at radius 2 is 1.22 bits per heavy atom. The molecule has 0 spiro atoms. The monoisotopic (exact) mass is 604 g/mol. The van der Waals surface area contributed by atoms with Gasteiger partial charge in [0.1, 0.15) is 23.0 Å². The minimum absolute atomic E-state index is 0.177. The summed E-state index contributed by atoms with van der Waals surface area (Å²) in [7, 11) is 0. The average Bonchev–Trinajstić information content (AvgIpc) is 3.07. The summed E-state index contributed by atoms with van der Waals surface area (Å²) < 4.78 is 17.8. The number of carbonyl (C=O) groups is 2. The molecule has 1 aliphatic rings. The fraction of sp³-hybridized carbons (Fsp3) is 0.122. The van der Waals surface area contributed by atoms with E-state index in [4.69, 9.17) is 14.2 Å². The fourth-order valence-electron chi connectivity index (χ4n) is 6.05. The van der Waals surface area contributed by atoms with Gasteiger partial charge in [-0.1, -0.05) is 99.3 Å². The van der Waals surface area contributed by atoms with E-state index in [9.17, 15) is 9.59 Å². The van der Waals surface area contributed by atoms with Crippen LogP contribution in [-0.4, -0.2) is 11.9 Å². The lowest BCUT2D eigenvalue weighted by Crippen LogP contribution is -2.15. The van der Waals surface area contributed by atoms with Crippen molar-refractivity contribution in [3.05, 3.63) is 144 Å². The number of hydrogen-bond donors (Lipinski definition) is 0. The molecule has 5 nitrogen and oxygen atoms in total. The Kier molecular flexibility index (Phi) is 7.37. The molecule has 1 aliphatic heterocycles. The van der Waals surface area contributed by atoms with Crippen molar-refractivity contribution >= 4 is 33.5 Å². The molecule has 0 N–H and O–H groups in total. The zero-order valence-corrected chi connectivity index (χ0v) is 25.9. The molecular formula is C41H32O5. The van der Waals surface area contributed by atoms with E-state index in [1.54, 1.807) is 6.92 Å². The van der Waals surface area contributed by atoms with Crippen LogP contribution in [0, 0.1) is 5.92 Å². The molecule has 0 radical (unpaired) electrons. The second-order valence-electron chi connectivity index (χ2n) is 12.0. The summed E-state index contributed by atoms with van der Waals surface area (Å²) in [6, 6.07) is 38.4. The molecule has 46 heavy (non-hydrogen) atoms. The number of carbonyl (C=O) groups excluding carboxylic acids is 2. The minimum Gasteiger partial charge on any atom is -0.457 e. The first-order valence-electron chi connectivity index (χ1n) is 15.3. The van der Waals surface area contributed by atoms with Gasteiger partial charge >= 0.3 is 11.9 Å². The summed E-state index contributed by atoms with van der Waals surface area (Å²) in [6.07, 6.45) is 0. The van der Waals surface area contributed by atoms with Crippen LogP contribution in [0.15, 0.2) is 127 Å². The highest BCUT2D eigenvalue weighted by Crippen LogP contribution is 2.52. The topological polar surface area (TPSA) is 61.8 Å². The van der Waals surface area contributed by atoms with Gasteiger partial charge in [-0.15, -0.1) is 0 Å². The van der Waals surface area contributed by atoms with Crippen LogP contribution in [0.1, 0.15) is 43.4 Å². The van der Waals surface area contributed by atoms with Crippen molar-refractivity contribution < 1.29 is 23.8 Å². The molecule has 0 aromatic heterocycles. The van der Waals surface area contributed by atoms with Crippen molar-refractivity contribution in [3.8, 4) is 34.1 Å². The van der Waals surface area contributed by atoms with Crippen molar-refractivity contribution in [1.29, 1.82) is 0 Å². The molecule has 0 saturated heterocycles. The molecule has 5 heteroatoms. The van der Waals surface area contributed by atoms with Crippen LogP contribution < -0.4 is 14.2 Å². The second kappa shape index (κ2) is 11.7. The Hall–Kier alpha value is -5.68.